The van der Waals surface area contributed by atoms with Crippen LogP contribution in [0.2, 0.25) is 0 Å². The van der Waals surface area contributed by atoms with Gasteiger partial charge in [0.2, 0.25) is 0 Å². The van der Waals surface area contributed by atoms with Crippen molar-refractivity contribution in [2.24, 2.45) is 4.99 Å². The summed E-state index contributed by atoms with van der Waals surface area (Å²) in [5.41, 5.74) is 0. The summed E-state index contributed by atoms with van der Waals surface area (Å²) in [4.78, 5) is 8.00. The standard InChI is InChI=1S/C18H29FN4OS/c1-3-20-18(22-13-16-14-23(2)10-11-24-16)21-9-4-12-25-17-7-5-15(19)6-8-17/h5-8,16H,3-4,9-14H2,1-2H3,(H2,20,21,22). The molecule has 25 heavy (non-hydrogen) atoms. The normalized spacial score (nSPS) is 19.0. The molecule has 0 amide bonds. The maximum Gasteiger partial charge on any atom is 0.191 e. The first-order chi connectivity index (χ1) is 12.2. The summed E-state index contributed by atoms with van der Waals surface area (Å²) in [7, 11) is 2.11. The van der Waals surface area contributed by atoms with Gasteiger partial charge in [-0.1, -0.05) is 0 Å². The van der Waals surface area contributed by atoms with Crippen LogP contribution in [0.4, 0.5) is 4.39 Å². The van der Waals surface area contributed by atoms with Crippen LogP contribution < -0.4 is 10.6 Å². The molecule has 1 aliphatic rings. The SMILES string of the molecule is CCNC(=NCC1CN(C)CCO1)NCCCSc1ccc(F)cc1. The molecule has 1 atom stereocenters. The predicted molar refractivity (Wildman–Crippen MR) is 103 cm³/mol. The molecule has 2 rings (SSSR count). The molecule has 1 saturated heterocycles. The van der Waals surface area contributed by atoms with Gasteiger partial charge in [0.25, 0.3) is 0 Å². The second-order valence-corrected chi connectivity index (χ2v) is 7.23. The van der Waals surface area contributed by atoms with Crippen LogP contribution in [-0.2, 0) is 4.74 Å². The molecule has 2 N–H and O–H groups in total. The number of likely N-dealkylation sites (N-methyl/N-ethyl adjacent to an activating group) is 1. The lowest BCUT2D eigenvalue weighted by molar-refractivity contribution is -0.0136. The first-order valence-corrected chi connectivity index (χ1v) is 9.86. The Labute approximate surface area is 154 Å². The smallest absolute Gasteiger partial charge is 0.191 e. The van der Waals surface area contributed by atoms with Crippen molar-refractivity contribution in [3.8, 4) is 0 Å². The van der Waals surface area contributed by atoms with Crippen molar-refractivity contribution in [1.29, 1.82) is 0 Å². The van der Waals surface area contributed by atoms with E-state index in [4.69, 9.17) is 4.74 Å². The van der Waals surface area contributed by atoms with Gasteiger partial charge in [-0.2, -0.15) is 0 Å². The van der Waals surface area contributed by atoms with E-state index in [-0.39, 0.29) is 11.9 Å². The Morgan fingerprint density at radius 2 is 2.16 bits per heavy atom. The lowest BCUT2D eigenvalue weighted by Gasteiger charge is -2.29. The Morgan fingerprint density at radius 3 is 2.88 bits per heavy atom. The topological polar surface area (TPSA) is 48.9 Å². The van der Waals surface area contributed by atoms with Gasteiger partial charge in [0.1, 0.15) is 5.82 Å². The Balaban J connectivity index is 1.66. The number of rotatable bonds is 8. The monoisotopic (exact) mass is 368 g/mol. The molecule has 5 nitrogen and oxygen atoms in total. The highest BCUT2D eigenvalue weighted by atomic mass is 32.2. The largest absolute Gasteiger partial charge is 0.374 e. The fourth-order valence-corrected chi connectivity index (χ4v) is 3.36. The Kier molecular flexibility index (Phi) is 9.07. The summed E-state index contributed by atoms with van der Waals surface area (Å²) in [5.74, 6) is 1.63. The van der Waals surface area contributed by atoms with Crippen LogP contribution in [0.5, 0.6) is 0 Å². The number of guanidine groups is 1. The molecule has 7 heteroatoms. The summed E-state index contributed by atoms with van der Waals surface area (Å²) in [5, 5.41) is 6.63. The Hall–Kier alpha value is -1.31. The molecular formula is C18H29FN4OS. The van der Waals surface area contributed by atoms with Gasteiger partial charge >= 0.3 is 0 Å². The molecule has 0 saturated carbocycles. The van der Waals surface area contributed by atoms with Crippen molar-refractivity contribution in [2.45, 2.75) is 24.3 Å². The predicted octanol–water partition coefficient (Wildman–Crippen LogP) is 2.19. The molecule has 1 heterocycles. The van der Waals surface area contributed by atoms with Gasteiger partial charge in [0, 0.05) is 31.1 Å². The van der Waals surface area contributed by atoms with E-state index in [0.717, 1.165) is 55.8 Å². The van der Waals surface area contributed by atoms with E-state index >= 15 is 0 Å². The van der Waals surface area contributed by atoms with E-state index in [2.05, 4.69) is 34.5 Å². The van der Waals surface area contributed by atoms with Crippen molar-refractivity contribution in [2.75, 3.05) is 52.1 Å². The number of benzene rings is 1. The number of nitrogens with zero attached hydrogens (tertiary/aromatic N) is 2. The molecule has 0 aromatic heterocycles. The number of nitrogens with one attached hydrogen (secondary N) is 2. The molecule has 0 spiro atoms. The van der Waals surface area contributed by atoms with Crippen molar-refractivity contribution in [1.82, 2.24) is 15.5 Å². The fourth-order valence-electron chi connectivity index (χ4n) is 2.51. The Morgan fingerprint density at radius 1 is 1.36 bits per heavy atom. The minimum Gasteiger partial charge on any atom is -0.374 e. The number of morpholine rings is 1. The van der Waals surface area contributed by atoms with Crippen LogP contribution in [0.25, 0.3) is 0 Å². The lowest BCUT2D eigenvalue weighted by atomic mass is 10.3. The van der Waals surface area contributed by atoms with Crippen molar-refractivity contribution in [3.05, 3.63) is 30.1 Å². The number of halogens is 1. The van der Waals surface area contributed by atoms with Crippen LogP contribution in [0.1, 0.15) is 13.3 Å². The molecule has 1 fully saturated rings. The van der Waals surface area contributed by atoms with E-state index in [0.29, 0.717) is 6.54 Å². The second-order valence-electron chi connectivity index (χ2n) is 6.06. The van der Waals surface area contributed by atoms with E-state index in [1.807, 2.05) is 12.1 Å². The fraction of sp³-hybridized carbons (Fsp3) is 0.611. The van der Waals surface area contributed by atoms with E-state index in [1.54, 1.807) is 11.8 Å². The zero-order chi connectivity index (χ0) is 17.9. The first-order valence-electron chi connectivity index (χ1n) is 8.88. The number of hydrogen-bond donors (Lipinski definition) is 2. The number of hydrogen-bond acceptors (Lipinski definition) is 4. The van der Waals surface area contributed by atoms with Gasteiger partial charge in [0.05, 0.1) is 19.3 Å². The second kappa shape index (κ2) is 11.3. The first kappa shape index (κ1) is 20.0. The molecule has 0 aliphatic carbocycles. The van der Waals surface area contributed by atoms with Gasteiger partial charge in [0.15, 0.2) is 5.96 Å². The van der Waals surface area contributed by atoms with Gasteiger partial charge in [-0.05, 0) is 50.4 Å². The average Bonchev–Trinajstić information content (AvgIpc) is 2.61. The zero-order valence-corrected chi connectivity index (χ0v) is 15.9. The number of ether oxygens (including phenoxy) is 1. The van der Waals surface area contributed by atoms with Crippen LogP contribution >= 0.6 is 11.8 Å². The minimum atomic E-state index is -0.189. The molecule has 0 bridgehead atoms. The van der Waals surface area contributed by atoms with Crippen molar-refractivity contribution < 1.29 is 9.13 Å². The molecule has 1 aromatic rings. The summed E-state index contributed by atoms with van der Waals surface area (Å²) < 4.78 is 18.6. The number of aliphatic imine (C=N–C) groups is 1. The van der Waals surface area contributed by atoms with E-state index in [1.165, 1.54) is 12.1 Å². The highest BCUT2D eigenvalue weighted by Crippen LogP contribution is 2.18. The Bertz CT molecular complexity index is 526. The molecular weight excluding hydrogens is 339 g/mol. The highest BCUT2D eigenvalue weighted by molar-refractivity contribution is 7.99. The third-order valence-electron chi connectivity index (χ3n) is 3.84. The zero-order valence-electron chi connectivity index (χ0n) is 15.1. The van der Waals surface area contributed by atoms with Gasteiger partial charge in [-0.25, -0.2) is 4.39 Å². The summed E-state index contributed by atoms with van der Waals surface area (Å²) in [6.07, 6.45) is 1.18. The molecule has 1 aliphatic heterocycles. The van der Waals surface area contributed by atoms with Gasteiger partial charge < -0.3 is 20.3 Å². The third kappa shape index (κ3) is 8.07. The van der Waals surface area contributed by atoms with Crippen molar-refractivity contribution in [3.63, 3.8) is 0 Å². The maximum absolute atomic E-state index is 12.9. The highest BCUT2D eigenvalue weighted by Gasteiger charge is 2.17. The van der Waals surface area contributed by atoms with Crippen LogP contribution in [-0.4, -0.2) is 69.1 Å². The molecule has 1 aromatic carbocycles. The average molecular weight is 369 g/mol. The maximum atomic E-state index is 12.9. The van der Waals surface area contributed by atoms with Gasteiger partial charge in [-0.3, -0.25) is 4.99 Å². The third-order valence-corrected chi connectivity index (χ3v) is 4.93. The molecule has 140 valence electrons. The number of thioether (sulfide) groups is 1. The summed E-state index contributed by atoms with van der Waals surface area (Å²) in [6.45, 7) is 7.12. The van der Waals surface area contributed by atoms with Gasteiger partial charge in [-0.15, -0.1) is 11.8 Å². The van der Waals surface area contributed by atoms with Crippen LogP contribution in [0, 0.1) is 5.82 Å². The van der Waals surface area contributed by atoms with E-state index < -0.39 is 0 Å². The lowest BCUT2D eigenvalue weighted by Crippen LogP contribution is -2.43. The van der Waals surface area contributed by atoms with Crippen molar-refractivity contribution >= 4 is 17.7 Å². The van der Waals surface area contributed by atoms with Crippen LogP contribution in [0.15, 0.2) is 34.2 Å². The molecule has 1 unspecified atom stereocenters. The minimum absolute atomic E-state index is 0.170. The van der Waals surface area contributed by atoms with Crippen LogP contribution in [0.3, 0.4) is 0 Å². The molecule has 0 radical (unpaired) electrons. The quantitative estimate of drug-likeness (QED) is 0.319. The van der Waals surface area contributed by atoms with E-state index in [9.17, 15) is 4.39 Å². The summed E-state index contributed by atoms with van der Waals surface area (Å²) in [6, 6.07) is 6.64. The summed E-state index contributed by atoms with van der Waals surface area (Å²) >= 11 is 1.74.